The number of para-hydroxylation sites is 1. The van der Waals surface area contributed by atoms with E-state index in [1.54, 1.807) is 6.07 Å². The minimum atomic E-state index is -1.33. The average molecular weight is 626 g/mol. The molecule has 1 fully saturated rings. The van der Waals surface area contributed by atoms with Crippen molar-refractivity contribution in [3.8, 4) is 23.3 Å². The summed E-state index contributed by atoms with van der Waals surface area (Å²) in [4.78, 5) is 35.0. The van der Waals surface area contributed by atoms with Crippen LogP contribution < -0.4 is 10.1 Å². The lowest BCUT2D eigenvalue weighted by Gasteiger charge is -2.31. The number of nitrogens with zero attached hydrogens (tertiary/aromatic N) is 8. The summed E-state index contributed by atoms with van der Waals surface area (Å²) >= 11 is 0. The summed E-state index contributed by atoms with van der Waals surface area (Å²) in [5.74, 6) is 2.02. The molecule has 4 heterocycles. The van der Waals surface area contributed by atoms with Crippen molar-refractivity contribution in [2.75, 3.05) is 26.4 Å². The average Bonchev–Trinajstić information content (AvgIpc) is 3.48. The molecule has 14 heteroatoms. The number of carbonyl (C=O) groups excluding carboxylic acids is 1. The van der Waals surface area contributed by atoms with E-state index in [0.29, 0.717) is 43.1 Å². The van der Waals surface area contributed by atoms with Gasteiger partial charge in [-0.3, -0.25) is 4.79 Å². The smallest absolute Gasteiger partial charge is 0.405 e. The molecule has 0 bridgehead atoms. The van der Waals surface area contributed by atoms with Gasteiger partial charge in [-0.15, -0.1) is 0 Å². The molecule has 0 radical (unpaired) electrons. The van der Waals surface area contributed by atoms with Crippen LogP contribution in [-0.4, -0.2) is 83.3 Å². The molecule has 1 unspecified atom stereocenters. The number of benzene rings is 2. The van der Waals surface area contributed by atoms with Gasteiger partial charge in [0.05, 0.1) is 34.8 Å². The second-order valence-corrected chi connectivity index (χ2v) is 11.8. The Hall–Kier alpha value is -5.45. The molecule has 5 aromatic rings. The lowest BCUT2D eigenvalue weighted by atomic mass is 9.97. The number of nitrogens with one attached hydrogen (secondary N) is 1. The zero-order valence-electron chi connectivity index (χ0n) is 25.2. The van der Waals surface area contributed by atoms with Gasteiger partial charge in [0.2, 0.25) is 5.82 Å². The summed E-state index contributed by atoms with van der Waals surface area (Å²) in [7, 11) is 1.97. The van der Waals surface area contributed by atoms with Crippen molar-refractivity contribution in [2.45, 2.75) is 38.4 Å². The van der Waals surface area contributed by atoms with E-state index in [9.17, 15) is 19.2 Å². The predicted molar refractivity (Wildman–Crippen MR) is 165 cm³/mol. The van der Waals surface area contributed by atoms with E-state index in [1.807, 2.05) is 31.3 Å². The Morgan fingerprint density at radius 3 is 2.89 bits per heavy atom. The van der Waals surface area contributed by atoms with Crippen molar-refractivity contribution in [3.05, 3.63) is 59.7 Å². The largest absolute Gasteiger partial charge is 0.489 e. The first-order chi connectivity index (χ1) is 22.3. The number of fused-ring (bicyclic) bond motifs is 3. The number of ether oxygens (including phenoxy) is 1. The van der Waals surface area contributed by atoms with Crippen LogP contribution in [0.2, 0.25) is 0 Å². The Morgan fingerprint density at radius 2 is 2.13 bits per heavy atom. The molecular weight excluding hydrogens is 593 g/mol. The number of hydrogen-bond donors (Lipinski definition) is 2. The molecule has 1 aliphatic carbocycles. The molecule has 3 aromatic heterocycles. The number of carbonyl (C=O) groups is 2. The van der Waals surface area contributed by atoms with E-state index in [-0.39, 0.29) is 18.3 Å². The van der Waals surface area contributed by atoms with Gasteiger partial charge in [-0.25, -0.2) is 23.8 Å². The molecule has 236 valence electrons. The third-order valence-corrected chi connectivity index (χ3v) is 8.76. The minimum absolute atomic E-state index is 0.0451. The molecule has 2 amide bonds. The van der Waals surface area contributed by atoms with E-state index >= 15 is 0 Å². The van der Waals surface area contributed by atoms with Gasteiger partial charge in [0.15, 0.2) is 5.82 Å². The van der Waals surface area contributed by atoms with E-state index in [0.717, 1.165) is 58.6 Å². The number of hydrogen-bond acceptors (Lipinski definition) is 7. The number of halogens is 1. The van der Waals surface area contributed by atoms with Crippen LogP contribution >= 0.6 is 0 Å². The summed E-state index contributed by atoms with van der Waals surface area (Å²) in [6.07, 6.45) is 2.91. The Morgan fingerprint density at radius 1 is 1.28 bits per heavy atom. The fourth-order valence-electron chi connectivity index (χ4n) is 6.29. The van der Waals surface area contributed by atoms with Crippen LogP contribution in [0, 0.1) is 17.2 Å². The zero-order valence-corrected chi connectivity index (χ0v) is 25.2. The van der Waals surface area contributed by atoms with Crippen LogP contribution in [0.3, 0.4) is 0 Å². The summed E-state index contributed by atoms with van der Waals surface area (Å²) in [6, 6.07) is 12.9. The van der Waals surface area contributed by atoms with E-state index in [2.05, 4.69) is 36.7 Å². The molecule has 2 aromatic carbocycles. The highest BCUT2D eigenvalue weighted by Gasteiger charge is 2.30. The highest BCUT2D eigenvalue weighted by Crippen LogP contribution is 2.39. The molecule has 2 aliphatic rings. The van der Waals surface area contributed by atoms with Crippen LogP contribution in [0.4, 0.5) is 9.18 Å². The number of aromatic nitrogens is 6. The fourth-order valence-corrected chi connectivity index (χ4v) is 6.29. The van der Waals surface area contributed by atoms with Gasteiger partial charge >= 0.3 is 6.09 Å². The molecular formula is C32H32FN9O4. The van der Waals surface area contributed by atoms with E-state index < -0.39 is 18.8 Å². The van der Waals surface area contributed by atoms with E-state index in [4.69, 9.17) is 14.8 Å². The van der Waals surface area contributed by atoms with Gasteiger partial charge in [-0.05, 0) is 55.0 Å². The van der Waals surface area contributed by atoms with Gasteiger partial charge in [0.1, 0.15) is 31.4 Å². The van der Waals surface area contributed by atoms with Crippen molar-refractivity contribution in [1.82, 2.24) is 39.1 Å². The Kier molecular flexibility index (Phi) is 7.51. The number of imidazole rings is 1. The number of rotatable bonds is 11. The van der Waals surface area contributed by atoms with Crippen molar-refractivity contribution in [2.24, 2.45) is 13.0 Å². The van der Waals surface area contributed by atoms with Gasteiger partial charge in [-0.2, -0.15) is 10.4 Å². The summed E-state index contributed by atoms with van der Waals surface area (Å²) < 4.78 is 25.6. The second kappa shape index (κ2) is 11.8. The van der Waals surface area contributed by atoms with Crippen LogP contribution in [0.1, 0.15) is 34.6 Å². The van der Waals surface area contributed by atoms with Gasteiger partial charge in [0, 0.05) is 37.6 Å². The Bertz CT molecular complexity index is 2020. The first-order valence-electron chi connectivity index (χ1n) is 15.2. The molecule has 2 N–H and O–H groups in total. The standard InChI is InChI=1S/C32H32FN9O4/c1-39-25-11-20-7-8-40(17-22(14-33)37-32(44)45)31(43)23(20)13-24(25)38-30(39)26-12-21-3-2-4-27(29(21)41(26)16-19-5-6-19)46-10-9-42-28(15-34)35-18-36-42/h2-4,11-13,18-19,22,37H,5-10,14,16-17H2,1H3,(H,44,45). The molecule has 1 aliphatic heterocycles. The lowest BCUT2D eigenvalue weighted by Crippen LogP contribution is -2.48. The van der Waals surface area contributed by atoms with Crippen molar-refractivity contribution in [3.63, 3.8) is 0 Å². The molecule has 13 nitrogen and oxygen atoms in total. The van der Waals surface area contributed by atoms with Crippen LogP contribution in [0.25, 0.3) is 33.5 Å². The Labute approximate surface area is 262 Å². The normalized spacial score (nSPS) is 15.2. The molecule has 0 saturated heterocycles. The SMILES string of the molecule is Cn1c(-c2cc3cccc(OCCn4ncnc4C#N)c3n2CC2CC2)nc2cc3c(cc21)CCN(CC(CF)NC(=O)O)C3=O. The maximum atomic E-state index is 13.5. The topological polar surface area (TPSA) is 156 Å². The highest BCUT2D eigenvalue weighted by atomic mass is 19.1. The van der Waals surface area contributed by atoms with Crippen LogP contribution in [0.15, 0.2) is 42.7 Å². The maximum Gasteiger partial charge on any atom is 0.405 e. The zero-order chi connectivity index (χ0) is 31.9. The van der Waals surface area contributed by atoms with Gasteiger partial charge < -0.3 is 29.2 Å². The van der Waals surface area contributed by atoms with Crippen LogP contribution in [-0.2, 0) is 26.6 Å². The number of nitriles is 1. The highest BCUT2D eigenvalue weighted by molar-refractivity contribution is 6.01. The second-order valence-electron chi connectivity index (χ2n) is 11.8. The molecule has 1 atom stereocenters. The maximum absolute atomic E-state index is 13.5. The fraction of sp³-hybridized carbons (Fsp3) is 0.375. The number of alkyl halides is 1. The molecule has 46 heavy (non-hydrogen) atoms. The lowest BCUT2D eigenvalue weighted by molar-refractivity contribution is 0.0714. The monoisotopic (exact) mass is 625 g/mol. The number of amides is 2. The first kappa shape index (κ1) is 29.3. The van der Waals surface area contributed by atoms with Gasteiger partial charge in [0.25, 0.3) is 5.91 Å². The predicted octanol–water partition coefficient (Wildman–Crippen LogP) is 3.75. The van der Waals surface area contributed by atoms with Crippen LogP contribution in [0.5, 0.6) is 5.75 Å². The van der Waals surface area contributed by atoms with Gasteiger partial charge in [-0.1, -0.05) is 12.1 Å². The first-order valence-corrected chi connectivity index (χ1v) is 15.2. The summed E-state index contributed by atoms with van der Waals surface area (Å²) in [5, 5.41) is 25.5. The summed E-state index contributed by atoms with van der Waals surface area (Å²) in [5.41, 5.74) is 4.85. The quantitative estimate of drug-likeness (QED) is 0.225. The molecule has 0 spiro atoms. The summed E-state index contributed by atoms with van der Waals surface area (Å²) in [6.45, 7) is 0.919. The third-order valence-electron chi connectivity index (χ3n) is 8.76. The Balaban J connectivity index is 1.22. The van der Waals surface area contributed by atoms with E-state index in [1.165, 1.54) is 15.9 Å². The third kappa shape index (κ3) is 5.38. The minimum Gasteiger partial charge on any atom is -0.489 e. The number of carboxylic acid groups (broad SMARTS) is 1. The number of aryl methyl sites for hydroxylation is 1. The molecule has 7 rings (SSSR count). The molecule has 1 saturated carbocycles. The van der Waals surface area contributed by atoms with Crippen molar-refractivity contribution >= 4 is 33.9 Å². The van der Waals surface area contributed by atoms with Crippen molar-refractivity contribution in [1.29, 1.82) is 5.26 Å². The van der Waals surface area contributed by atoms with Crippen molar-refractivity contribution < 1.29 is 23.8 Å².